The molecule has 1 aromatic heterocycles. The zero-order valence-corrected chi connectivity index (χ0v) is 20.1. The SMILES string of the molecule is C/C(=C\c1csc(C)n1)C1C/C=C\CCC[C@H](C)CC(C)C(=O)C(C)CCC(=O)N1. The van der Waals surface area contributed by atoms with E-state index in [1.165, 1.54) is 0 Å². The van der Waals surface area contributed by atoms with Crippen LogP contribution in [0.3, 0.4) is 0 Å². The van der Waals surface area contributed by atoms with Gasteiger partial charge < -0.3 is 5.32 Å². The van der Waals surface area contributed by atoms with E-state index in [0.717, 1.165) is 48.4 Å². The molecule has 166 valence electrons. The maximum Gasteiger partial charge on any atom is 0.220 e. The molecule has 1 aliphatic rings. The molecule has 0 saturated heterocycles. The van der Waals surface area contributed by atoms with Gasteiger partial charge in [0.15, 0.2) is 0 Å². The minimum Gasteiger partial charge on any atom is -0.349 e. The molecule has 1 aliphatic heterocycles. The first kappa shape index (κ1) is 24.5. The van der Waals surface area contributed by atoms with Gasteiger partial charge in [0, 0.05) is 23.6 Å². The highest BCUT2D eigenvalue weighted by Crippen LogP contribution is 2.23. The van der Waals surface area contributed by atoms with Gasteiger partial charge in [-0.3, -0.25) is 9.59 Å². The zero-order chi connectivity index (χ0) is 22.1. The van der Waals surface area contributed by atoms with Gasteiger partial charge >= 0.3 is 0 Å². The summed E-state index contributed by atoms with van der Waals surface area (Å²) in [5, 5.41) is 6.27. The zero-order valence-electron chi connectivity index (χ0n) is 19.2. The lowest BCUT2D eigenvalue weighted by Gasteiger charge is -2.21. The van der Waals surface area contributed by atoms with Crippen LogP contribution < -0.4 is 5.32 Å². The first-order valence-corrected chi connectivity index (χ1v) is 12.2. The van der Waals surface area contributed by atoms with Gasteiger partial charge in [0.25, 0.3) is 0 Å². The lowest BCUT2D eigenvalue weighted by atomic mass is 9.85. The molecule has 4 nitrogen and oxygen atoms in total. The van der Waals surface area contributed by atoms with Gasteiger partial charge in [0.2, 0.25) is 5.91 Å². The maximum absolute atomic E-state index is 12.7. The lowest BCUT2D eigenvalue weighted by molar-refractivity contribution is -0.127. The first-order valence-electron chi connectivity index (χ1n) is 11.3. The highest BCUT2D eigenvalue weighted by molar-refractivity contribution is 7.09. The predicted molar refractivity (Wildman–Crippen MR) is 126 cm³/mol. The topological polar surface area (TPSA) is 59.1 Å². The Kier molecular flexibility index (Phi) is 9.96. The molecule has 1 N–H and O–H groups in total. The van der Waals surface area contributed by atoms with Crippen molar-refractivity contribution >= 4 is 29.1 Å². The maximum atomic E-state index is 12.7. The van der Waals surface area contributed by atoms with E-state index in [1.807, 2.05) is 26.2 Å². The third-order valence-corrected chi connectivity index (χ3v) is 6.83. The van der Waals surface area contributed by atoms with Crippen LogP contribution in [0.4, 0.5) is 0 Å². The summed E-state index contributed by atoms with van der Waals surface area (Å²) in [7, 11) is 0. The van der Waals surface area contributed by atoms with Crippen molar-refractivity contribution in [1.82, 2.24) is 10.3 Å². The second-order valence-corrected chi connectivity index (χ2v) is 10.1. The summed E-state index contributed by atoms with van der Waals surface area (Å²) in [5.41, 5.74) is 2.05. The van der Waals surface area contributed by atoms with Crippen LogP contribution in [0.15, 0.2) is 23.1 Å². The average molecular weight is 431 g/mol. The van der Waals surface area contributed by atoms with E-state index in [1.54, 1.807) is 11.3 Å². The number of carbonyl (C=O) groups is 2. The molecular formula is C25H38N2O2S. The van der Waals surface area contributed by atoms with Crippen molar-refractivity contribution < 1.29 is 9.59 Å². The number of nitrogens with zero attached hydrogens (tertiary/aromatic N) is 1. The van der Waals surface area contributed by atoms with Crippen LogP contribution >= 0.6 is 11.3 Å². The molecule has 3 unspecified atom stereocenters. The molecule has 0 bridgehead atoms. The summed E-state index contributed by atoms with van der Waals surface area (Å²) >= 11 is 1.63. The number of thiazole rings is 1. The third kappa shape index (κ3) is 8.17. The molecule has 0 fully saturated rings. The number of aromatic nitrogens is 1. The fourth-order valence-electron chi connectivity index (χ4n) is 4.15. The normalized spacial score (nSPS) is 29.4. The molecule has 1 amide bonds. The third-order valence-electron chi connectivity index (χ3n) is 6.04. The van der Waals surface area contributed by atoms with Crippen LogP contribution in [-0.2, 0) is 9.59 Å². The van der Waals surface area contributed by atoms with Crippen molar-refractivity contribution in [3.8, 4) is 0 Å². The number of nitrogens with one attached hydrogen (secondary N) is 1. The first-order chi connectivity index (χ1) is 14.3. The highest BCUT2D eigenvalue weighted by Gasteiger charge is 2.23. The summed E-state index contributed by atoms with van der Waals surface area (Å²) < 4.78 is 0. The van der Waals surface area contributed by atoms with Crippen molar-refractivity contribution in [2.45, 2.75) is 85.6 Å². The van der Waals surface area contributed by atoms with E-state index < -0.39 is 0 Å². The summed E-state index contributed by atoms with van der Waals surface area (Å²) in [6.07, 6.45) is 12.5. The quantitative estimate of drug-likeness (QED) is 0.575. The number of amides is 1. The van der Waals surface area contributed by atoms with E-state index in [2.05, 4.69) is 42.4 Å². The number of Topliss-reactive ketones (excluding diaryl/α,β-unsaturated/α-hetero) is 1. The molecule has 0 spiro atoms. The molecule has 0 radical (unpaired) electrons. The summed E-state index contributed by atoms with van der Waals surface area (Å²) in [4.78, 5) is 29.9. The number of aryl methyl sites for hydroxylation is 1. The van der Waals surface area contributed by atoms with E-state index >= 15 is 0 Å². The van der Waals surface area contributed by atoms with Gasteiger partial charge in [-0.15, -0.1) is 11.3 Å². The minimum atomic E-state index is -0.0705. The molecule has 30 heavy (non-hydrogen) atoms. The number of hydrogen-bond acceptors (Lipinski definition) is 4. The summed E-state index contributed by atoms with van der Waals surface area (Å²) in [6, 6.07) is -0.0486. The van der Waals surface area contributed by atoms with E-state index in [-0.39, 0.29) is 23.8 Å². The van der Waals surface area contributed by atoms with E-state index in [9.17, 15) is 9.59 Å². The number of ketones is 1. The molecular weight excluding hydrogens is 392 g/mol. The Bertz CT molecular complexity index is 765. The monoisotopic (exact) mass is 430 g/mol. The van der Waals surface area contributed by atoms with Gasteiger partial charge in [-0.2, -0.15) is 0 Å². The fourth-order valence-corrected chi connectivity index (χ4v) is 4.72. The summed E-state index contributed by atoms with van der Waals surface area (Å²) in [6.45, 7) is 10.3. The van der Waals surface area contributed by atoms with Crippen molar-refractivity contribution in [3.05, 3.63) is 33.8 Å². The van der Waals surface area contributed by atoms with Gasteiger partial charge in [0.05, 0.1) is 16.7 Å². The average Bonchev–Trinajstić information content (AvgIpc) is 3.10. The largest absolute Gasteiger partial charge is 0.349 e. The molecule has 2 rings (SSSR count). The second-order valence-electron chi connectivity index (χ2n) is 9.02. The highest BCUT2D eigenvalue weighted by atomic mass is 32.1. The van der Waals surface area contributed by atoms with Crippen LogP contribution in [0, 0.1) is 24.7 Å². The Balaban J connectivity index is 2.12. The van der Waals surface area contributed by atoms with Gasteiger partial charge in [-0.1, -0.05) is 39.3 Å². The van der Waals surface area contributed by atoms with E-state index in [4.69, 9.17) is 0 Å². The Morgan fingerprint density at radius 2 is 1.93 bits per heavy atom. The van der Waals surface area contributed by atoms with Crippen molar-refractivity contribution in [3.63, 3.8) is 0 Å². The van der Waals surface area contributed by atoms with Crippen LogP contribution in [-0.4, -0.2) is 22.7 Å². The fraction of sp³-hybridized carbons (Fsp3) is 0.640. The van der Waals surface area contributed by atoms with E-state index in [0.29, 0.717) is 24.5 Å². The Morgan fingerprint density at radius 3 is 2.63 bits per heavy atom. The van der Waals surface area contributed by atoms with Gasteiger partial charge in [0.1, 0.15) is 5.78 Å². The van der Waals surface area contributed by atoms with Crippen molar-refractivity contribution in [2.24, 2.45) is 17.8 Å². The standard InChI is InChI=1S/C25H38N2O2S/c1-17-10-8-6-7-9-11-23(19(3)15-22-16-30-21(5)26-22)27-24(28)13-12-18(2)25(29)20(4)14-17/h7,9,15-18,20,23H,6,8,10-14H2,1-5H3,(H,27,28)/b9-7-,19-15+/t17-,18?,20?,23?/m0/s1. The Labute approximate surface area is 186 Å². The molecule has 2 heterocycles. The molecule has 1 aromatic rings. The molecule has 4 atom stereocenters. The smallest absolute Gasteiger partial charge is 0.220 e. The van der Waals surface area contributed by atoms with Crippen molar-refractivity contribution in [2.75, 3.05) is 0 Å². The van der Waals surface area contributed by atoms with Crippen LogP contribution in [0.2, 0.25) is 0 Å². The Morgan fingerprint density at radius 1 is 1.17 bits per heavy atom. The van der Waals surface area contributed by atoms with Crippen molar-refractivity contribution in [1.29, 1.82) is 0 Å². The number of hydrogen-bond donors (Lipinski definition) is 1. The molecule has 0 saturated carbocycles. The predicted octanol–water partition coefficient (Wildman–Crippen LogP) is 6.12. The Hall–Kier alpha value is -1.75. The second kappa shape index (κ2) is 12.2. The number of rotatable bonds is 2. The summed E-state index contributed by atoms with van der Waals surface area (Å²) in [5.74, 6) is 0.872. The van der Waals surface area contributed by atoms with Gasteiger partial charge in [-0.05, 0) is 63.5 Å². The molecule has 5 heteroatoms. The minimum absolute atomic E-state index is 0.0170. The number of allylic oxidation sites excluding steroid dienone is 1. The van der Waals surface area contributed by atoms with Crippen LogP contribution in [0.25, 0.3) is 6.08 Å². The van der Waals surface area contributed by atoms with Crippen LogP contribution in [0.5, 0.6) is 0 Å². The molecule has 0 aromatic carbocycles. The van der Waals surface area contributed by atoms with Crippen LogP contribution in [0.1, 0.15) is 83.3 Å². The molecule has 0 aliphatic carbocycles. The van der Waals surface area contributed by atoms with Gasteiger partial charge in [-0.25, -0.2) is 4.98 Å². The lowest BCUT2D eigenvalue weighted by Crippen LogP contribution is -2.35. The number of carbonyl (C=O) groups excluding carboxylic acids is 2.